The van der Waals surface area contributed by atoms with Gasteiger partial charge in [0.05, 0.1) is 30.1 Å². The molecule has 2 aliphatic rings. The fourth-order valence-corrected chi connectivity index (χ4v) is 4.40. The maximum Gasteiger partial charge on any atom is 0.312 e. The van der Waals surface area contributed by atoms with Crippen molar-refractivity contribution in [3.8, 4) is 6.07 Å². The molecule has 0 unspecified atom stereocenters. The predicted octanol–water partition coefficient (Wildman–Crippen LogP) is 3.82. The Morgan fingerprint density at radius 1 is 1.03 bits per heavy atom. The minimum absolute atomic E-state index is 0.0228. The Balaban J connectivity index is 1.56. The van der Waals surface area contributed by atoms with Crippen LogP contribution < -0.4 is 5.32 Å². The lowest BCUT2D eigenvalue weighted by atomic mass is 9.69. The van der Waals surface area contributed by atoms with E-state index in [1.807, 2.05) is 13.0 Å². The average Bonchev–Trinajstić information content (AvgIpc) is 3.22. The number of benzene rings is 1. The number of likely N-dealkylation sites (tertiary alicyclic amines) is 1. The number of ether oxygens (including phenoxy) is 1. The number of carbonyl (C=O) groups excluding carboxylic acids is 2. The zero-order chi connectivity index (χ0) is 26.1. The minimum atomic E-state index is -2.29. The van der Waals surface area contributed by atoms with E-state index in [4.69, 9.17) is 10.00 Å². The van der Waals surface area contributed by atoms with E-state index < -0.39 is 76.3 Å². The number of carbonyl (C=O) groups is 2. The van der Waals surface area contributed by atoms with Gasteiger partial charge in [-0.05, 0) is 39.5 Å². The monoisotopic (exact) mass is 505 g/mol. The number of nitrogens with one attached hydrogen (secondary N) is 1. The molecule has 2 fully saturated rings. The van der Waals surface area contributed by atoms with E-state index in [9.17, 15) is 35.9 Å². The molecule has 12 heteroatoms. The van der Waals surface area contributed by atoms with Gasteiger partial charge >= 0.3 is 5.97 Å². The Labute approximate surface area is 198 Å². The average molecular weight is 505 g/mol. The van der Waals surface area contributed by atoms with E-state index in [1.165, 1.54) is 4.90 Å². The molecule has 1 saturated heterocycles. The molecule has 6 nitrogen and oxygen atoms in total. The van der Waals surface area contributed by atoms with Crippen molar-refractivity contribution >= 4 is 11.9 Å². The third-order valence-corrected chi connectivity index (χ3v) is 6.98. The summed E-state index contributed by atoms with van der Waals surface area (Å²) in [5, 5.41) is 12.2. The number of halogens is 6. The summed E-state index contributed by atoms with van der Waals surface area (Å²) in [7, 11) is 0. The Kier molecular flexibility index (Phi) is 7.69. The SMILES string of the molecule is CC1(NCC(=O)N2C[C@@H](F)C[C@H]2C#N)CCC(C)(C(=O)OCc2c(F)c(F)c(F)c(F)c2F)CC1. The van der Waals surface area contributed by atoms with Gasteiger partial charge in [-0.1, -0.05) is 0 Å². The first-order valence-corrected chi connectivity index (χ1v) is 11.1. The molecule has 1 aliphatic carbocycles. The first-order valence-electron chi connectivity index (χ1n) is 11.1. The van der Waals surface area contributed by atoms with E-state index in [0.29, 0.717) is 12.8 Å². The van der Waals surface area contributed by atoms with E-state index in [2.05, 4.69) is 5.32 Å². The third-order valence-electron chi connectivity index (χ3n) is 6.98. The van der Waals surface area contributed by atoms with Crippen LogP contribution in [0.4, 0.5) is 26.3 Å². The number of alkyl halides is 1. The van der Waals surface area contributed by atoms with Crippen LogP contribution in [-0.2, 0) is 20.9 Å². The van der Waals surface area contributed by atoms with Crippen LogP contribution >= 0.6 is 0 Å². The van der Waals surface area contributed by atoms with Crippen LogP contribution in [0.5, 0.6) is 0 Å². The van der Waals surface area contributed by atoms with Crippen molar-refractivity contribution in [1.82, 2.24) is 10.2 Å². The van der Waals surface area contributed by atoms with Gasteiger partial charge in [0.15, 0.2) is 23.3 Å². The van der Waals surface area contributed by atoms with Crippen LogP contribution in [0.15, 0.2) is 0 Å². The molecule has 0 aromatic heterocycles. The smallest absolute Gasteiger partial charge is 0.312 e. The van der Waals surface area contributed by atoms with Gasteiger partial charge < -0.3 is 15.0 Å². The van der Waals surface area contributed by atoms with Gasteiger partial charge in [-0.15, -0.1) is 0 Å². The lowest BCUT2D eigenvalue weighted by Crippen LogP contribution is -2.52. The van der Waals surface area contributed by atoms with Crippen molar-refractivity contribution in [2.45, 2.75) is 70.3 Å². The number of esters is 1. The van der Waals surface area contributed by atoms with Gasteiger partial charge in [0.1, 0.15) is 18.8 Å². The molecule has 1 heterocycles. The molecule has 3 rings (SSSR count). The molecule has 0 radical (unpaired) electrons. The van der Waals surface area contributed by atoms with Crippen LogP contribution in [0.3, 0.4) is 0 Å². The summed E-state index contributed by atoms with van der Waals surface area (Å²) >= 11 is 0. The predicted molar refractivity (Wildman–Crippen MR) is 110 cm³/mol. The summed E-state index contributed by atoms with van der Waals surface area (Å²) in [6, 6.07) is 1.10. The van der Waals surface area contributed by atoms with Crippen molar-refractivity contribution in [2.24, 2.45) is 5.41 Å². The Bertz CT molecular complexity index is 1020. The molecule has 1 amide bonds. The lowest BCUT2D eigenvalue weighted by Gasteiger charge is -2.42. The second-order valence-corrected chi connectivity index (χ2v) is 9.62. The number of rotatable bonds is 6. The molecular formula is C23H25F6N3O3. The Morgan fingerprint density at radius 3 is 2.11 bits per heavy atom. The van der Waals surface area contributed by atoms with Gasteiger partial charge in [0.25, 0.3) is 0 Å². The fourth-order valence-electron chi connectivity index (χ4n) is 4.40. The molecule has 35 heavy (non-hydrogen) atoms. The highest BCUT2D eigenvalue weighted by Gasteiger charge is 2.44. The zero-order valence-electron chi connectivity index (χ0n) is 19.2. The maximum atomic E-state index is 13.8. The second-order valence-electron chi connectivity index (χ2n) is 9.62. The molecule has 1 aromatic carbocycles. The van der Waals surface area contributed by atoms with Crippen molar-refractivity contribution in [3.63, 3.8) is 0 Å². The molecule has 1 saturated carbocycles. The van der Waals surface area contributed by atoms with E-state index >= 15 is 0 Å². The summed E-state index contributed by atoms with van der Waals surface area (Å²) in [4.78, 5) is 26.3. The first kappa shape index (κ1) is 26.8. The van der Waals surface area contributed by atoms with Crippen LogP contribution in [0.2, 0.25) is 0 Å². The van der Waals surface area contributed by atoms with Crippen LogP contribution in [0.25, 0.3) is 0 Å². The first-order chi connectivity index (χ1) is 16.3. The molecule has 1 aromatic rings. The van der Waals surface area contributed by atoms with Crippen molar-refractivity contribution in [3.05, 3.63) is 34.6 Å². The van der Waals surface area contributed by atoms with Gasteiger partial charge in [-0.25, -0.2) is 26.3 Å². The standard InChI is InChI=1S/C23H25F6N3O3/c1-22(21(34)35-11-14-16(25)18(27)20(29)19(28)17(14)26)3-5-23(2,6-4-22)31-9-15(33)32-10-12(24)7-13(32)8-30/h12-13,31H,3-7,9-11H2,1-2H3/t12-,13-,22?,23?/m0/s1. The molecule has 0 bridgehead atoms. The van der Waals surface area contributed by atoms with Crippen molar-refractivity contribution in [1.29, 1.82) is 5.26 Å². The molecule has 0 spiro atoms. The summed E-state index contributed by atoms with van der Waals surface area (Å²) < 4.78 is 86.1. The number of hydrogen-bond donors (Lipinski definition) is 1. The number of hydrogen-bond acceptors (Lipinski definition) is 5. The molecule has 1 aliphatic heterocycles. The van der Waals surface area contributed by atoms with E-state index in [-0.39, 0.29) is 32.4 Å². The maximum absolute atomic E-state index is 13.8. The largest absolute Gasteiger partial charge is 0.460 e. The Morgan fingerprint density at radius 2 is 1.57 bits per heavy atom. The summed E-state index contributed by atoms with van der Waals surface area (Å²) in [6.07, 6.45) is 0.0646. The minimum Gasteiger partial charge on any atom is -0.460 e. The van der Waals surface area contributed by atoms with Crippen molar-refractivity contribution in [2.75, 3.05) is 13.1 Å². The van der Waals surface area contributed by atoms with Crippen LogP contribution in [-0.4, -0.2) is 47.6 Å². The molecule has 1 N–H and O–H groups in total. The third kappa shape index (κ3) is 5.39. The van der Waals surface area contributed by atoms with Crippen LogP contribution in [0.1, 0.15) is 51.5 Å². The Hall–Kier alpha value is -2.81. The van der Waals surface area contributed by atoms with Crippen LogP contribution in [0, 0.1) is 45.8 Å². The summed E-state index contributed by atoms with van der Waals surface area (Å²) in [5.41, 5.74) is -2.86. The summed E-state index contributed by atoms with van der Waals surface area (Å²) in [6.45, 7) is 2.03. The van der Waals surface area contributed by atoms with E-state index in [0.717, 1.165) is 0 Å². The van der Waals surface area contributed by atoms with Crippen molar-refractivity contribution < 1.29 is 40.7 Å². The normalized spacial score (nSPS) is 28.6. The molecular weight excluding hydrogens is 480 g/mol. The van der Waals surface area contributed by atoms with Gasteiger partial charge in [0, 0.05) is 12.0 Å². The van der Waals surface area contributed by atoms with Gasteiger partial charge in [-0.3, -0.25) is 9.59 Å². The number of nitrogens with zero attached hydrogens (tertiary/aromatic N) is 2. The van der Waals surface area contributed by atoms with E-state index in [1.54, 1.807) is 6.92 Å². The van der Waals surface area contributed by atoms with Gasteiger partial charge in [0.2, 0.25) is 11.7 Å². The highest BCUT2D eigenvalue weighted by molar-refractivity contribution is 5.79. The lowest BCUT2D eigenvalue weighted by molar-refractivity contribution is -0.159. The molecule has 192 valence electrons. The zero-order valence-corrected chi connectivity index (χ0v) is 19.2. The quantitative estimate of drug-likeness (QED) is 0.275. The van der Waals surface area contributed by atoms with Gasteiger partial charge in [-0.2, -0.15) is 5.26 Å². The highest BCUT2D eigenvalue weighted by atomic mass is 19.2. The number of nitriles is 1. The number of amides is 1. The fraction of sp³-hybridized carbons (Fsp3) is 0.609. The highest BCUT2D eigenvalue weighted by Crippen LogP contribution is 2.41. The molecule has 2 atom stereocenters. The summed E-state index contributed by atoms with van der Waals surface area (Å²) in [5.74, 6) is -11.9. The second kappa shape index (κ2) is 10.0. The topological polar surface area (TPSA) is 82.4 Å².